The quantitative estimate of drug-likeness (QED) is 0.795. The summed E-state index contributed by atoms with van der Waals surface area (Å²) in [7, 11) is 0. The van der Waals surface area contributed by atoms with E-state index in [1.807, 2.05) is 6.92 Å². The van der Waals surface area contributed by atoms with Crippen LogP contribution >= 0.6 is 27.5 Å². The SMILES string of the molecule is Cc1cc(F)ccc1CNc1c(Cl)cc(F)cc1Br. The molecule has 0 radical (unpaired) electrons. The molecule has 1 N–H and O–H groups in total. The van der Waals surface area contributed by atoms with Gasteiger partial charge < -0.3 is 5.32 Å². The van der Waals surface area contributed by atoms with Gasteiger partial charge in [-0.05, 0) is 58.2 Å². The Morgan fingerprint density at radius 3 is 2.53 bits per heavy atom. The minimum atomic E-state index is -0.402. The zero-order valence-electron chi connectivity index (χ0n) is 10.1. The molecule has 0 saturated carbocycles. The molecule has 1 nitrogen and oxygen atoms in total. The van der Waals surface area contributed by atoms with Crippen LogP contribution in [0.3, 0.4) is 0 Å². The summed E-state index contributed by atoms with van der Waals surface area (Å²) in [5.41, 5.74) is 2.42. The summed E-state index contributed by atoms with van der Waals surface area (Å²) in [4.78, 5) is 0. The second-order valence-electron chi connectivity index (χ2n) is 4.17. The normalized spacial score (nSPS) is 10.6. The Kier molecular flexibility index (Phi) is 4.42. The van der Waals surface area contributed by atoms with Gasteiger partial charge in [-0.15, -0.1) is 0 Å². The number of halogens is 4. The van der Waals surface area contributed by atoms with Crippen molar-refractivity contribution in [3.8, 4) is 0 Å². The minimum Gasteiger partial charge on any atom is -0.379 e. The van der Waals surface area contributed by atoms with Crippen molar-refractivity contribution in [3.63, 3.8) is 0 Å². The van der Waals surface area contributed by atoms with E-state index < -0.39 is 5.82 Å². The van der Waals surface area contributed by atoms with Crippen molar-refractivity contribution in [1.29, 1.82) is 0 Å². The van der Waals surface area contributed by atoms with Crippen LogP contribution in [0.25, 0.3) is 0 Å². The molecular formula is C14H11BrClF2N. The van der Waals surface area contributed by atoms with E-state index in [1.54, 1.807) is 6.07 Å². The molecule has 0 bridgehead atoms. The van der Waals surface area contributed by atoms with Crippen LogP contribution in [-0.4, -0.2) is 0 Å². The summed E-state index contributed by atoms with van der Waals surface area (Å²) in [5, 5.41) is 3.41. The van der Waals surface area contributed by atoms with Crippen molar-refractivity contribution < 1.29 is 8.78 Å². The monoisotopic (exact) mass is 345 g/mol. The summed E-state index contributed by atoms with van der Waals surface area (Å²) in [6.45, 7) is 2.32. The lowest BCUT2D eigenvalue weighted by Crippen LogP contribution is -2.03. The molecule has 2 rings (SSSR count). The Labute approximate surface area is 123 Å². The van der Waals surface area contributed by atoms with Crippen LogP contribution in [0.15, 0.2) is 34.8 Å². The molecule has 5 heteroatoms. The molecule has 0 spiro atoms. The molecule has 0 saturated heterocycles. The maximum atomic E-state index is 13.1. The summed E-state index contributed by atoms with van der Waals surface area (Å²) >= 11 is 9.23. The van der Waals surface area contributed by atoms with Crippen LogP contribution in [0.4, 0.5) is 14.5 Å². The van der Waals surface area contributed by atoms with Crippen molar-refractivity contribution in [2.24, 2.45) is 0 Å². The smallest absolute Gasteiger partial charge is 0.125 e. The van der Waals surface area contributed by atoms with Gasteiger partial charge in [0.15, 0.2) is 0 Å². The molecule has 0 aliphatic rings. The van der Waals surface area contributed by atoms with Crippen LogP contribution < -0.4 is 5.32 Å². The number of hydrogen-bond donors (Lipinski definition) is 1. The number of rotatable bonds is 3. The van der Waals surface area contributed by atoms with E-state index in [1.165, 1.54) is 24.3 Å². The third-order valence-electron chi connectivity index (χ3n) is 2.77. The van der Waals surface area contributed by atoms with Crippen LogP contribution in [-0.2, 0) is 6.54 Å². The zero-order chi connectivity index (χ0) is 14.0. The largest absolute Gasteiger partial charge is 0.379 e. The number of hydrogen-bond acceptors (Lipinski definition) is 1. The van der Waals surface area contributed by atoms with E-state index in [0.717, 1.165) is 11.1 Å². The average molecular weight is 347 g/mol. The first kappa shape index (κ1) is 14.3. The lowest BCUT2D eigenvalue weighted by atomic mass is 10.1. The molecular weight excluding hydrogens is 336 g/mol. The van der Waals surface area contributed by atoms with Crippen LogP contribution in [0.2, 0.25) is 5.02 Å². The highest BCUT2D eigenvalue weighted by Gasteiger charge is 2.08. The highest BCUT2D eigenvalue weighted by atomic mass is 79.9. The van der Waals surface area contributed by atoms with Crippen molar-refractivity contribution in [2.45, 2.75) is 13.5 Å². The minimum absolute atomic E-state index is 0.262. The number of anilines is 1. The predicted octanol–water partition coefficient (Wildman–Crippen LogP) is 5.30. The van der Waals surface area contributed by atoms with E-state index in [4.69, 9.17) is 11.6 Å². The topological polar surface area (TPSA) is 12.0 Å². The predicted molar refractivity (Wildman–Crippen MR) is 77.6 cm³/mol. The fourth-order valence-electron chi connectivity index (χ4n) is 1.75. The lowest BCUT2D eigenvalue weighted by Gasteiger charge is -2.12. The van der Waals surface area contributed by atoms with Crippen LogP contribution in [0, 0.1) is 18.6 Å². The van der Waals surface area contributed by atoms with Gasteiger partial charge in [-0.2, -0.15) is 0 Å². The Morgan fingerprint density at radius 1 is 1.16 bits per heavy atom. The van der Waals surface area contributed by atoms with Gasteiger partial charge in [-0.25, -0.2) is 8.78 Å². The van der Waals surface area contributed by atoms with E-state index in [2.05, 4.69) is 21.2 Å². The first-order valence-corrected chi connectivity index (χ1v) is 6.78. The van der Waals surface area contributed by atoms with Crippen molar-refractivity contribution in [2.75, 3.05) is 5.32 Å². The molecule has 0 unspecified atom stereocenters. The van der Waals surface area contributed by atoms with Gasteiger partial charge in [-0.3, -0.25) is 0 Å². The van der Waals surface area contributed by atoms with E-state index in [9.17, 15) is 8.78 Å². The van der Waals surface area contributed by atoms with Gasteiger partial charge >= 0.3 is 0 Å². The van der Waals surface area contributed by atoms with Gasteiger partial charge in [0.1, 0.15) is 11.6 Å². The Hall–Kier alpha value is -1.13. The van der Waals surface area contributed by atoms with E-state index in [0.29, 0.717) is 21.7 Å². The van der Waals surface area contributed by atoms with Crippen molar-refractivity contribution >= 4 is 33.2 Å². The van der Waals surface area contributed by atoms with Gasteiger partial charge in [0, 0.05) is 11.0 Å². The first-order valence-electron chi connectivity index (χ1n) is 5.61. The highest BCUT2D eigenvalue weighted by Crippen LogP contribution is 2.32. The summed E-state index contributed by atoms with van der Waals surface area (Å²) in [6.07, 6.45) is 0. The standard InChI is InChI=1S/C14H11BrClF2N/c1-8-4-10(17)3-2-9(8)7-19-14-12(15)5-11(18)6-13(14)16/h2-6,19H,7H2,1H3. The second kappa shape index (κ2) is 5.88. The highest BCUT2D eigenvalue weighted by molar-refractivity contribution is 9.10. The third-order valence-corrected chi connectivity index (χ3v) is 3.69. The Balaban J connectivity index is 2.19. The molecule has 0 heterocycles. The van der Waals surface area contributed by atoms with Crippen molar-refractivity contribution in [1.82, 2.24) is 0 Å². The maximum absolute atomic E-state index is 13.1. The summed E-state index contributed by atoms with van der Waals surface area (Å²) in [6, 6.07) is 7.17. The average Bonchev–Trinajstić information content (AvgIpc) is 2.30. The third kappa shape index (κ3) is 3.45. The maximum Gasteiger partial charge on any atom is 0.125 e. The molecule has 0 fully saturated rings. The fraction of sp³-hybridized carbons (Fsp3) is 0.143. The molecule has 0 aliphatic heterocycles. The van der Waals surface area contributed by atoms with Crippen molar-refractivity contribution in [3.05, 3.63) is 62.6 Å². The van der Waals surface area contributed by atoms with Gasteiger partial charge in [-0.1, -0.05) is 17.7 Å². The summed E-state index contributed by atoms with van der Waals surface area (Å²) < 4.78 is 26.6. The van der Waals surface area contributed by atoms with E-state index in [-0.39, 0.29) is 5.82 Å². The van der Waals surface area contributed by atoms with Crippen LogP contribution in [0.5, 0.6) is 0 Å². The van der Waals surface area contributed by atoms with Gasteiger partial charge in [0.2, 0.25) is 0 Å². The van der Waals surface area contributed by atoms with Gasteiger partial charge in [0.05, 0.1) is 10.7 Å². The molecule has 2 aromatic carbocycles. The second-order valence-corrected chi connectivity index (χ2v) is 5.43. The number of benzene rings is 2. The molecule has 2 aromatic rings. The molecule has 0 aromatic heterocycles. The molecule has 0 atom stereocenters. The molecule has 0 aliphatic carbocycles. The first-order chi connectivity index (χ1) is 8.97. The molecule has 0 amide bonds. The summed E-state index contributed by atoms with van der Waals surface area (Å²) in [5.74, 6) is -0.664. The Bertz CT molecular complexity index is 593. The molecule has 19 heavy (non-hydrogen) atoms. The number of aryl methyl sites for hydroxylation is 1. The number of nitrogens with one attached hydrogen (secondary N) is 1. The fourth-order valence-corrected chi connectivity index (χ4v) is 2.71. The lowest BCUT2D eigenvalue weighted by molar-refractivity contribution is 0.625. The van der Waals surface area contributed by atoms with Gasteiger partial charge in [0.25, 0.3) is 0 Å². The zero-order valence-corrected chi connectivity index (χ0v) is 12.4. The van der Waals surface area contributed by atoms with Crippen LogP contribution in [0.1, 0.15) is 11.1 Å². The Morgan fingerprint density at radius 2 is 1.89 bits per heavy atom. The van der Waals surface area contributed by atoms with E-state index >= 15 is 0 Å². The molecule has 100 valence electrons.